The first-order valence-corrected chi connectivity index (χ1v) is 6.31. The molecule has 5 N–H and O–H groups in total. The highest BCUT2D eigenvalue weighted by Crippen LogP contribution is 2.24. The first kappa shape index (κ1) is 15.4. The number of carbonyl (C=O) groups is 1. The van der Waals surface area contributed by atoms with E-state index in [1.807, 2.05) is 0 Å². The van der Waals surface area contributed by atoms with Gasteiger partial charge in [-0.15, -0.1) is 5.11 Å². The number of nitrogens with two attached hydrogens (primary N) is 1. The Hall–Kier alpha value is -3.01. The van der Waals surface area contributed by atoms with Crippen molar-refractivity contribution in [2.75, 3.05) is 0 Å². The van der Waals surface area contributed by atoms with Crippen LogP contribution >= 0.6 is 12.2 Å². The monoisotopic (exact) mass is 321 g/mol. The lowest BCUT2D eigenvalue weighted by molar-refractivity contribution is 0.0694. The van der Waals surface area contributed by atoms with Crippen molar-refractivity contribution >= 4 is 34.7 Å². The summed E-state index contributed by atoms with van der Waals surface area (Å²) in [6.45, 7) is 1.59. The molecule has 114 valence electrons. The average molecular weight is 321 g/mol. The first-order chi connectivity index (χ1) is 10.3. The quantitative estimate of drug-likeness (QED) is 0.496. The number of aromatic carboxylic acids is 1. The van der Waals surface area contributed by atoms with Gasteiger partial charge < -0.3 is 15.9 Å². The number of carboxylic acids is 1. The topological polar surface area (TPSA) is 146 Å². The minimum absolute atomic E-state index is 0.00208. The summed E-state index contributed by atoms with van der Waals surface area (Å²) < 4.78 is 0.943. The van der Waals surface area contributed by atoms with Gasteiger partial charge in [-0.25, -0.2) is 4.79 Å². The van der Waals surface area contributed by atoms with Gasteiger partial charge in [-0.1, -0.05) is 0 Å². The predicted molar refractivity (Wildman–Crippen MR) is 81.2 cm³/mol. The maximum absolute atomic E-state index is 12.0. The zero-order valence-corrected chi connectivity index (χ0v) is 12.1. The lowest BCUT2D eigenvalue weighted by atomic mass is 10.2. The summed E-state index contributed by atoms with van der Waals surface area (Å²) in [5, 5.41) is 28.4. The van der Waals surface area contributed by atoms with Gasteiger partial charge in [-0.3, -0.25) is 9.89 Å². The molecule has 2 aromatic rings. The van der Waals surface area contributed by atoms with Crippen molar-refractivity contribution in [3.63, 3.8) is 0 Å². The Morgan fingerprint density at radius 1 is 1.41 bits per heavy atom. The van der Waals surface area contributed by atoms with Gasteiger partial charge in [0, 0.05) is 0 Å². The number of aromatic hydroxyl groups is 1. The second-order valence-corrected chi connectivity index (χ2v) is 4.69. The van der Waals surface area contributed by atoms with Gasteiger partial charge in [0.25, 0.3) is 0 Å². The van der Waals surface area contributed by atoms with Crippen molar-refractivity contribution in [2.24, 2.45) is 16.0 Å². The molecule has 0 fully saturated rings. The van der Waals surface area contributed by atoms with Crippen LogP contribution in [-0.4, -0.2) is 31.1 Å². The first-order valence-electron chi connectivity index (χ1n) is 5.90. The normalized spacial score (nSPS) is 11.0. The molecule has 9 nitrogen and oxygen atoms in total. The average Bonchev–Trinajstić information content (AvgIpc) is 2.73. The molecule has 10 heteroatoms. The maximum Gasteiger partial charge on any atom is 0.339 e. The van der Waals surface area contributed by atoms with Gasteiger partial charge in [0.05, 0.1) is 11.4 Å². The smallest absolute Gasteiger partial charge is 0.339 e. The largest absolute Gasteiger partial charge is 0.507 e. The fourth-order valence-corrected chi connectivity index (χ4v) is 1.80. The van der Waals surface area contributed by atoms with Gasteiger partial charge >= 0.3 is 11.5 Å². The third kappa shape index (κ3) is 2.86. The number of aromatic nitrogens is 2. The van der Waals surface area contributed by atoms with Crippen LogP contribution < -0.4 is 11.3 Å². The number of nitrogens with zero attached hydrogens (tertiary/aromatic N) is 3. The summed E-state index contributed by atoms with van der Waals surface area (Å²) >= 11 is 4.70. The summed E-state index contributed by atoms with van der Waals surface area (Å²) in [5.41, 5.74) is 5.05. The molecule has 0 aliphatic heterocycles. The summed E-state index contributed by atoms with van der Waals surface area (Å²) in [6, 6.07) is 3.67. The number of thiocarbonyl (C=S) groups is 1. The fourth-order valence-electron chi connectivity index (χ4n) is 1.68. The highest BCUT2D eigenvalue weighted by molar-refractivity contribution is 7.80. The fraction of sp³-hybridized carbons (Fsp3) is 0.0833. The van der Waals surface area contributed by atoms with Gasteiger partial charge in [0.1, 0.15) is 11.3 Å². The predicted octanol–water partition coefficient (Wildman–Crippen LogP) is 1.40. The SMILES string of the molecule is Cc1[nH]n(C(N)=S)c(=O)c1N=Nc1ccc(O)c(C(=O)O)c1. The standard InChI is InChI=1S/C12H11N5O4S/c1-5-9(10(19)17(16-5)12(13)22)15-14-6-2-3-8(18)7(4-6)11(20)21/h2-4,16,18H,1H3,(H2,13,22)(H,20,21). The third-order valence-electron chi connectivity index (χ3n) is 2.74. The molecular formula is C12H11N5O4S. The minimum atomic E-state index is -1.30. The number of benzene rings is 1. The van der Waals surface area contributed by atoms with E-state index in [0.29, 0.717) is 5.69 Å². The Labute approximate surface area is 128 Å². The van der Waals surface area contributed by atoms with Gasteiger partial charge in [0.2, 0.25) is 0 Å². The van der Waals surface area contributed by atoms with E-state index in [4.69, 9.17) is 23.1 Å². The number of hydrogen-bond donors (Lipinski definition) is 4. The summed E-state index contributed by atoms with van der Waals surface area (Å²) in [6.07, 6.45) is 0. The molecule has 1 aromatic carbocycles. The molecule has 1 aromatic heterocycles. The summed E-state index contributed by atoms with van der Waals surface area (Å²) in [7, 11) is 0. The van der Waals surface area contributed by atoms with Crippen molar-refractivity contribution in [2.45, 2.75) is 6.92 Å². The van der Waals surface area contributed by atoms with Crippen LogP contribution in [0.25, 0.3) is 0 Å². The lowest BCUT2D eigenvalue weighted by Gasteiger charge is -1.99. The van der Waals surface area contributed by atoms with Gasteiger partial charge in [0.15, 0.2) is 10.8 Å². The second kappa shape index (κ2) is 5.77. The molecule has 0 bridgehead atoms. The number of rotatable bonds is 3. The van der Waals surface area contributed by atoms with Gasteiger partial charge in [-0.2, -0.15) is 9.80 Å². The molecular weight excluding hydrogens is 310 g/mol. The van der Waals surface area contributed by atoms with Crippen LogP contribution in [0, 0.1) is 6.92 Å². The number of aryl methyl sites for hydroxylation is 1. The van der Waals surface area contributed by atoms with Crippen molar-refractivity contribution in [1.82, 2.24) is 9.78 Å². The molecule has 0 spiro atoms. The number of phenols is 1. The second-order valence-electron chi connectivity index (χ2n) is 4.27. The highest BCUT2D eigenvalue weighted by atomic mass is 32.1. The van der Waals surface area contributed by atoms with E-state index in [9.17, 15) is 14.7 Å². The van der Waals surface area contributed by atoms with Crippen LogP contribution in [0.4, 0.5) is 11.4 Å². The van der Waals surface area contributed by atoms with Crippen LogP contribution in [0.1, 0.15) is 16.1 Å². The van der Waals surface area contributed by atoms with Gasteiger partial charge in [-0.05, 0) is 37.3 Å². The number of nitrogens with one attached hydrogen (secondary N) is 1. The highest BCUT2D eigenvalue weighted by Gasteiger charge is 2.13. The van der Waals surface area contributed by atoms with Crippen LogP contribution in [0.2, 0.25) is 0 Å². The molecule has 0 radical (unpaired) electrons. The molecule has 0 unspecified atom stereocenters. The molecule has 2 rings (SSSR count). The minimum Gasteiger partial charge on any atom is -0.507 e. The molecule has 0 amide bonds. The summed E-state index contributed by atoms with van der Waals surface area (Å²) in [4.78, 5) is 22.9. The molecule has 0 saturated heterocycles. The van der Waals surface area contributed by atoms with Crippen molar-refractivity contribution < 1.29 is 15.0 Å². The molecule has 0 atom stereocenters. The van der Waals surface area contributed by atoms with E-state index in [1.165, 1.54) is 12.1 Å². The molecule has 0 aliphatic carbocycles. The van der Waals surface area contributed by atoms with E-state index in [2.05, 4.69) is 15.3 Å². The number of hydrogen-bond acceptors (Lipinski definition) is 6. The summed E-state index contributed by atoms with van der Waals surface area (Å²) in [5.74, 6) is -1.69. The van der Waals surface area contributed by atoms with E-state index in [1.54, 1.807) is 6.92 Å². The Kier molecular flexibility index (Phi) is 4.04. The van der Waals surface area contributed by atoms with E-state index in [-0.39, 0.29) is 27.8 Å². The number of H-pyrrole nitrogens is 1. The Balaban J connectivity index is 2.42. The van der Waals surface area contributed by atoms with Crippen molar-refractivity contribution in [1.29, 1.82) is 0 Å². The van der Waals surface area contributed by atoms with Crippen LogP contribution in [0.5, 0.6) is 5.75 Å². The zero-order valence-electron chi connectivity index (χ0n) is 11.3. The lowest BCUT2D eigenvalue weighted by Crippen LogP contribution is -2.29. The van der Waals surface area contributed by atoms with Crippen molar-refractivity contribution in [3.05, 3.63) is 39.8 Å². The molecule has 22 heavy (non-hydrogen) atoms. The third-order valence-corrected chi connectivity index (χ3v) is 2.92. The maximum atomic E-state index is 12.0. The zero-order chi connectivity index (χ0) is 16.4. The Morgan fingerprint density at radius 3 is 2.64 bits per heavy atom. The van der Waals surface area contributed by atoms with E-state index in [0.717, 1.165) is 10.7 Å². The van der Waals surface area contributed by atoms with Crippen LogP contribution in [0.15, 0.2) is 33.2 Å². The molecule has 0 aliphatic rings. The van der Waals surface area contributed by atoms with Crippen LogP contribution in [-0.2, 0) is 0 Å². The number of azo groups is 1. The Bertz CT molecular complexity index is 852. The molecule has 0 saturated carbocycles. The van der Waals surface area contributed by atoms with Crippen molar-refractivity contribution in [3.8, 4) is 5.75 Å². The van der Waals surface area contributed by atoms with Crippen LogP contribution in [0.3, 0.4) is 0 Å². The number of aromatic amines is 1. The molecule has 1 heterocycles. The Morgan fingerprint density at radius 2 is 2.09 bits per heavy atom. The van der Waals surface area contributed by atoms with E-state index < -0.39 is 11.5 Å². The van der Waals surface area contributed by atoms with E-state index >= 15 is 0 Å². The number of carboxylic acid groups (broad SMARTS) is 1.